The summed E-state index contributed by atoms with van der Waals surface area (Å²) in [7, 11) is 0. The Balaban J connectivity index is 1.60. The van der Waals surface area contributed by atoms with Gasteiger partial charge in [-0.15, -0.1) is 0 Å². The first-order chi connectivity index (χ1) is 11.6. The lowest BCUT2D eigenvalue weighted by Crippen LogP contribution is -2.30. The monoisotopic (exact) mass is 333 g/mol. The van der Waals surface area contributed by atoms with Crippen LogP contribution in [0.4, 0.5) is 5.69 Å². The van der Waals surface area contributed by atoms with Crippen molar-refractivity contribution in [3.8, 4) is 5.75 Å². The Morgan fingerprint density at radius 3 is 2.83 bits per heavy atom. The lowest BCUT2D eigenvalue weighted by atomic mass is 9.93. The summed E-state index contributed by atoms with van der Waals surface area (Å²) in [6.07, 6.45) is 3.89. The number of hydrogen-bond donors (Lipinski definition) is 3. The maximum Gasteiger partial charge on any atom is 0.221 e. The maximum absolute atomic E-state index is 11.8. The van der Waals surface area contributed by atoms with E-state index in [0.717, 1.165) is 19.5 Å². The second kappa shape index (κ2) is 9.93. The number of nitrogens with one attached hydrogen (secondary N) is 3. The lowest BCUT2D eigenvalue weighted by Gasteiger charge is -2.22. The molecule has 0 unspecified atom stereocenters. The zero-order chi connectivity index (χ0) is 17.2. The van der Waals surface area contributed by atoms with Gasteiger partial charge in [0.15, 0.2) is 0 Å². The molecule has 3 N–H and O–H groups in total. The van der Waals surface area contributed by atoms with E-state index < -0.39 is 0 Å². The molecule has 24 heavy (non-hydrogen) atoms. The maximum atomic E-state index is 11.8. The van der Waals surface area contributed by atoms with Crippen molar-refractivity contribution in [2.24, 2.45) is 5.92 Å². The molecule has 6 nitrogen and oxygen atoms in total. The van der Waals surface area contributed by atoms with Gasteiger partial charge in [-0.1, -0.05) is 6.07 Å². The van der Waals surface area contributed by atoms with Gasteiger partial charge in [-0.3, -0.25) is 9.59 Å². The Bertz CT molecular complexity index is 542. The fraction of sp³-hybridized carbons (Fsp3) is 0.556. The lowest BCUT2D eigenvalue weighted by molar-refractivity contribution is -0.121. The van der Waals surface area contributed by atoms with E-state index in [9.17, 15) is 9.59 Å². The Morgan fingerprint density at radius 2 is 2.08 bits per heavy atom. The number of benzene rings is 1. The predicted octanol–water partition coefficient (Wildman–Crippen LogP) is 1.92. The first kappa shape index (κ1) is 18.3. The first-order valence-corrected chi connectivity index (χ1v) is 8.61. The first-order valence-electron chi connectivity index (χ1n) is 8.61. The van der Waals surface area contributed by atoms with E-state index >= 15 is 0 Å². The van der Waals surface area contributed by atoms with E-state index in [4.69, 9.17) is 4.74 Å². The number of amides is 2. The third kappa shape index (κ3) is 7.00. The van der Waals surface area contributed by atoms with Crippen LogP contribution in [0.25, 0.3) is 0 Å². The van der Waals surface area contributed by atoms with E-state index in [1.54, 1.807) is 12.1 Å². The van der Waals surface area contributed by atoms with Crippen molar-refractivity contribution >= 4 is 17.5 Å². The molecule has 1 aromatic carbocycles. The summed E-state index contributed by atoms with van der Waals surface area (Å²) in [6.45, 7) is 4.49. The number of piperidine rings is 1. The molecule has 1 heterocycles. The van der Waals surface area contributed by atoms with Gasteiger partial charge in [0, 0.05) is 25.1 Å². The number of ether oxygens (including phenoxy) is 1. The summed E-state index contributed by atoms with van der Waals surface area (Å²) in [6, 6.07) is 7.21. The second-order valence-corrected chi connectivity index (χ2v) is 6.14. The highest BCUT2D eigenvalue weighted by atomic mass is 16.5. The van der Waals surface area contributed by atoms with Gasteiger partial charge in [0.25, 0.3) is 0 Å². The van der Waals surface area contributed by atoms with Gasteiger partial charge in [-0.2, -0.15) is 0 Å². The van der Waals surface area contributed by atoms with E-state index in [1.807, 2.05) is 12.1 Å². The van der Waals surface area contributed by atoms with Crippen LogP contribution in [0.5, 0.6) is 5.75 Å². The molecule has 1 saturated heterocycles. The second-order valence-electron chi connectivity index (χ2n) is 6.14. The molecule has 2 amide bonds. The number of hydrogen-bond acceptors (Lipinski definition) is 4. The highest BCUT2D eigenvalue weighted by molar-refractivity contribution is 5.88. The SMILES string of the molecule is CC(=O)Nc1cccc(OCCNC(=O)CCC2CCNCC2)c1. The Labute approximate surface area is 143 Å². The van der Waals surface area contributed by atoms with Crippen LogP contribution in [0.3, 0.4) is 0 Å². The smallest absolute Gasteiger partial charge is 0.221 e. The third-order valence-corrected chi connectivity index (χ3v) is 4.09. The minimum Gasteiger partial charge on any atom is -0.492 e. The van der Waals surface area contributed by atoms with Crippen LogP contribution in [0, 0.1) is 5.92 Å². The quantitative estimate of drug-likeness (QED) is 0.635. The molecule has 0 aliphatic carbocycles. The van der Waals surface area contributed by atoms with Crippen LogP contribution < -0.4 is 20.7 Å². The molecule has 0 aromatic heterocycles. The molecule has 0 spiro atoms. The standard InChI is InChI=1S/C18H27N3O3/c1-14(22)21-16-3-2-4-17(13-16)24-12-11-20-18(23)6-5-15-7-9-19-10-8-15/h2-4,13,15,19H,5-12H2,1H3,(H,20,23)(H,21,22). The van der Waals surface area contributed by atoms with Gasteiger partial charge in [-0.05, 0) is 50.4 Å². The summed E-state index contributed by atoms with van der Waals surface area (Å²) >= 11 is 0. The van der Waals surface area contributed by atoms with Crippen LogP contribution in [0.15, 0.2) is 24.3 Å². The largest absolute Gasteiger partial charge is 0.492 e. The van der Waals surface area contributed by atoms with Crippen molar-refractivity contribution in [3.63, 3.8) is 0 Å². The molecule has 1 aliphatic rings. The predicted molar refractivity (Wildman–Crippen MR) is 94.1 cm³/mol. The van der Waals surface area contributed by atoms with Crippen LogP contribution in [0.2, 0.25) is 0 Å². The third-order valence-electron chi connectivity index (χ3n) is 4.09. The van der Waals surface area contributed by atoms with Crippen molar-refractivity contribution in [1.29, 1.82) is 0 Å². The average Bonchev–Trinajstić information content (AvgIpc) is 2.58. The summed E-state index contributed by atoms with van der Waals surface area (Å²) in [5.74, 6) is 1.31. The molecule has 6 heteroatoms. The average molecular weight is 333 g/mol. The zero-order valence-electron chi connectivity index (χ0n) is 14.3. The van der Waals surface area contributed by atoms with Crippen molar-refractivity contribution in [3.05, 3.63) is 24.3 Å². The molecule has 0 bridgehead atoms. The summed E-state index contributed by atoms with van der Waals surface area (Å²) < 4.78 is 5.60. The Kier molecular flexibility index (Phi) is 7.55. The minimum absolute atomic E-state index is 0.0872. The molecule has 1 aromatic rings. The molecule has 132 valence electrons. The number of rotatable bonds is 8. The summed E-state index contributed by atoms with van der Waals surface area (Å²) in [5.41, 5.74) is 0.700. The number of carbonyl (C=O) groups excluding carboxylic acids is 2. The van der Waals surface area contributed by atoms with Crippen molar-refractivity contribution in [2.45, 2.75) is 32.6 Å². The van der Waals surface area contributed by atoms with Crippen LogP contribution in [0.1, 0.15) is 32.6 Å². The summed E-state index contributed by atoms with van der Waals surface area (Å²) in [4.78, 5) is 22.9. The van der Waals surface area contributed by atoms with E-state index in [0.29, 0.717) is 36.9 Å². The van der Waals surface area contributed by atoms with E-state index in [1.165, 1.54) is 19.8 Å². The molecular formula is C18H27N3O3. The fourth-order valence-electron chi connectivity index (χ4n) is 2.82. The van der Waals surface area contributed by atoms with Gasteiger partial charge in [-0.25, -0.2) is 0 Å². The highest BCUT2D eigenvalue weighted by Gasteiger charge is 2.14. The minimum atomic E-state index is -0.117. The van der Waals surface area contributed by atoms with Crippen LogP contribution in [-0.2, 0) is 9.59 Å². The molecule has 0 radical (unpaired) electrons. The van der Waals surface area contributed by atoms with E-state index in [2.05, 4.69) is 16.0 Å². The molecule has 1 fully saturated rings. The van der Waals surface area contributed by atoms with Gasteiger partial charge >= 0.3 is 0 Å². The Hall–Kier alpha value is -2.08. The summed E-state index contributed by atoms with van der Waals surface area (Å²) in [5, 5.41) is 8.93. The number of carbonyl (C=O) groups is 2. The van der Waals surface area contributed by atoms with Crippen molar-refractivity contribution < 1.29 is 14.3 Å². The molecule has 2 rings (SSSR count). The van der Waals surface area contributed by atoms with Gasteiger partial charge in [0.1, 0.15) is 12.4 Å². The van der Waals surface area contributed by atoms with E-state index in [-0.39, 0.29) is 11.8 Å². The molecule has 0 atom stereocenters. The van der Waals surface area contributed by atoms with Crippen molar-refractivity contribution in [1.82, 2.24) is 10.6 Å². The number of anilines is 1. The normalized spacial score (nSPS) is 14.9. The van der Waals surface area contributed by atoms with Gasteiger partial charge < -0.3 is 20.7 Å². The topological polar surface area (TPSA) is 79.5 Å². The molecule has 1 aliphatic heterocycles. The van der Waals surface area contributed by atoms with Crippen molar-refractivity contribution in [2.75, 3.05) is 31.6 Å². The van der Waals surface area contributed by atoms with Crippen LogP contribution >= 0.6 is 0 Å². The molecule has 0 saturated carbocycles. The Morgan fingerprint density at radius 1 is 1.29 bits per heavy atom. The highest BCUT2D eigenvalue weighted by Crippen LogP contribution is 2.18. The van der Waals surface area contributed by atoms with Gasteiger partial charge in [0.2, 0.25) is 11.8 Å². The zero-order valence-corrected chi connectivity index (χ0v) is 14.3. The van der Waals surface area contributed by atoms with Crippen LogP contribution in [-0.4, -0.2) is 38.1 Å². The molecular weight excluding hydrogens is 306 g/mol. The van der Waals surface area contributed by atoms with Gasteiger partial charge in [0.05, 0.1) is 6.54 Å². The fourth-order valence-corrected chi connectivity index (χ4v) is 2.82.